The van der Waals surface area contributed by atoms with E-state index in [0.717, 1.165) is 0 Å². The lowest BCUT2D eigenvalue weighted by Gasteiger charge is -2.01. The Balaban J connectivity index is 3.25. The van der Waals surface area contributed by atoms with Gasteiger partial charge in [-0.1, -0.05) is 11.6 Å². The van der Waals surface area contributed by atoms with E-state index in [-0.39, 0.29) is 10.8 Å². The molecule has 1 aromatic carbocycles. The molecule has 1 aromatic rings. The number of ether oxygens (including phenoxy) is 1. The lowest BCUT2D eigenvalue weighted by Crippen LogP contribution is -1.91. The maximum atomic E-state index is 12.7. The van der Waals surface area contributed by atoms with Gasteiger partial charge in [-0.2, -0.15) is 4.39 Å². The van der Waals surface area contributed by atoms with Crippen LogP contribution in [0.5, 0.6) is 5.75 Å². The van der Waals surface area contributed by atoms with Crippen LogP contribution >= 0.6 is 11.6 Å². The first-order chi connectivity index (χ1) is 5.16. The molecule has 0 aromatic heterocycles. The summed E-state index contributed by atoms with van der Waals surface area (Å²) in [6.07, 6.45) is 0. The highest BCUT2D eigenvalue weighted by Crippen LogP contribution is 2.24. The van der Waals surface area contributed by atoms with Crippen LogP contribution in [0.25, 0.3) is 0 Å². The van der Waals surface area contributed by atoms with E-state index in [9.17, 15) is 8.78 Å². The van der Waals surface area contributed by atoms with Crippen molar-refractivity contribution < 1.29 is 13.5 Å². The van der Waals surface area contributed by atoms with Crippen LogP contribution in [0.3, 0.4) is 0 Å². The Labute approximate surface area is 67.5 Å². The third-order valence-electron chi connectivity index (χ3n) is 1.22. The third-order valence-corrected chi connectivity index (χ3v) is 1.51. The standard InChI is InChI=1S/C7H5ClF2O/c1-11-5-3-2-4(8)6(9)7(5)10/h2-3H,1H3. The van der Waals surface area contributed by atoms with Crippen LogP contribution in [0.4, 0.5) is 8.78 Å². The van der Waals surface area contributed by atoms with Gasteiger partial charge in [0.2, 0.25) is 5.82 Å². The van der Waals surface area contributed by atoms with E-state index in [2.05, 4.69) is 4.74 Å². The number of methoxy groups -OCH3 is 1. The number of hydrogen-bond donors (Lipinski definition) is 0. The van der Waals surface area contributed by atoms with Gasteiger partial charge in [0.1, 0.15) is 0 Å². The minimum Gasteiger partial charge on any atom is -0.494 e. The second-order valence-corrected chi connectivity index (χ2v) is 2.28. The molecule has 0 amide bonds. The Hall–Kier alpha value is -0.830. The molecule has 0 aliphatic carbocycles. The topological polar surface area (TPSA) is 9.23 Å². The van der Waals surface area contributed by atoms with E-state index in [1.54, 1.807) is 0 Å². The van der Waals surface area contributed by atoms with Crippen LogP contribution in [-0.4, -0.2) is 7.11 Å². The minimum atomic E-state index is -1.08. The first-order valence-corrected chi connectivity index (χ1v) is 3.22. The normalized spacial score (nSPS) is 9.82. The fourth-order valence-corrected chi connectivity index (χ4v) is 0.812. The zero-order valence-electron chi connectivity index (χ0n) is 5.70. The number of benzene rings is 1. The second kappa shape index (κ2) is 3.05. The molecule has 0 heterocycles. The first kappa shape index (κ1) is 8.27. The molecule has 11 heavy (non-hydrogen) atoms. The zero-order valence-corrected chi connectivity index (χ0v) is 6.45. The average molecular weight is 179 g/mol. The molecule has 1 rings (SSSR count). The maximum Gasteiger partial charge on any atom is 0.202 e. The Kier molecular flexibility index (Phi) is 2.29. The van der Waals surface area contributed by atoms with Crippen molar-refractivity contribution in [1.82, 2.24) is 0 Å². The van der Waals surface area contributed by atoms with Gasteiger partial charge in [0.05, 0.1) is 12.1 Å². The van der Waals surface area contributed by atoms with Crippen LogP contribution in [-0.2, 0) is 0 Å². The van der Waals surface area contributed by atoms with Crippen LogP contribution in [0.2, 0.25) is 5.02 Å². The molecule has 0 radical (unpaired) electrons. The van der Waals surface area contributed by atoms with Crippen molar-refractivity contribution in [2.75, 3.05) is 7.11 Å². The van der Waals surface area contributed by atoms with Crippen LogP contribution in [0, 0.1) is 11.6 Å². The Morgan fingerprint density at radius 3 is 2.45 bits per heavy atom. The Morgan fingerprint density at radius 2 is 1.91 bits per heavy atom. The van der Waals surface area contributed by atoms with Gasteiger partial charge in [-0.25, -0.2) is 4.39 Å². The summed E-state index contributed by atoms with van der Waals surface area (Å²) in [5, 5.41) is -0.247. The minimum absolute atomic E-state index is 0.146. The molecular weight excluding hydrogens is 174 g/mol. The van der Waals surface area contributed by atoms with Crippen LogP contribution in [0.1, 0.15) is 0 Å². The molecule has 60 valence electrons. The van der Waals surface area contributed by atoms with Crippen molar-refractivity contribution in [2.24, 2.45) is 0 Å². The summed E-state index contributed by atoms with van der Waals surface area (Å²) in [6.45, 7) is 0. The van der Waals surface area contributed by atoms with Gasteiger partial charge in [-0.3, -0.25) is 0 Å². The van der Waals surface area contributed by atoms with E-state index in [0.29, 0.717) is 0 Å². The highest BCUT2D eigenvalue weighted by molar-refractivity contribution is 6.30. The molecular formula is C7H5ClF2O. The summed E-state index contributed by atoms with van der Waals surface area (Å²) in [7, 11) is 1.26. The molecule has 0 aliphatic rings. The summed E-state index contributed by atoms with van der Waals surface area (Å²) in [6, 6.07) is 2.50. The number of rotatable bonds is 1. The molecule has 0 saturated carbocycles. The van der Waals surface area contributed by atoms with Crippen molar-refractivity contribution in [3.63, 3.8) is 0 Å². The van der Waals surface area contributed by atoms with Gasteiger partial charge >= 0.3 is 0 Å². The van der Waals surface area contributed by atoms with Gasteiger partial charge in [0, 0.05) is 0 Å². The van der Waals surface area contributed by atoms with Gasteiger partial charge < -0.3 is 4.74 Å². The van der Waals surface area contributed by atoms with Gasteiger partial charge in [0.25, 0.3) is 0 Å². The highest BCUT2D eigenvalue weighted by Gasteiger charge is 2.11. The first-order valence-electron chi connectivity index (χ1n) is 2.84. The molecule has 0 unspecified atom stereocenters. The van der Waals surface area contributed by atoms with Crippen molar-refractivity contribution in [3.8, 4) is 5.75 Å². The molecule has 0 N–H and O–H groups in total. The molecule has 4 heteroatoms. The monoisotopic (exact) mass is 178 g/mol. The molecule has 0 atom stereocenters. The predicted octanol–water partition coefficient (Wildman–Crippen LogP) is 2.63. The third kappa shape index (κ3) is 1.43. The highest BCUT2D eigenvalue weighted by atomic mass is 35.5. The fourth-order valence-electron chi connectivity index (χ4n) is 0.666. The zero-order chi connectivity index (χ0) is 8.43. The fraction of sp³-hybridized carbons (Fsp3) is 0.143. The summed E-state index contributed by atoms with van der Waals surface area (Å²) in [5.41, 5.74) is 0. The van der Waals surface area contributed by atoms with Gasteiger partial charge in [0.15, 0.2) is 11.6 Å². The largest absolute Gasteiger partial charge is 0.494 e. The Bertz CT molecular complexity index is 275. The lowest BCUT2D eigenvalue weighted by molar-refractivity contribution is 0.372. The number of hydrogen-bond acceptors (Lipinski definition) is 1. The van der Waals surface area contributed by atoms with E-state index in [4.69, 9.17) is 11.6 Å². The van der Waals surface area contributed by atoms with E-state index in [1.807, 2.05) is 0 Å². The van der Waals surface area contributed by atoms with E-state index < -0.39 is 11.6 Å². The quantitative estimate of drug-likeness (QED) is 0.601. The molecule has 1 nitrogen and oxygen atoms in total. The van der Waals surface area contributed by atoms with Crippen LogP contribution < -0.4 is 4.74 Å². The molecule has 0 bridgehead atoms. The summed E-state index contributed by atoms with van der Waals surface area (Å²) in [4.78, 5) is 0. The average Bonchev–Trinajstić information content (AvgIpc) is 2.01. The summed E-state index contributed by atoms with van der Waals surface area (Å²) >= 11 is 5.27. The van der Waals surface area contributed by atoms with E-state index >= 15 is 0 Å². The molecule has 0 aliphatic heterocycles. The number of halogens is 3. The summed E-state index contributed by atoms with van der Waals surface area (Å²) in [5.74, 6) is -2.28. The lowest BCUT2D eigenvalue weighted by atomic mass is 10.3. The van der Waals surface area contributed by atoms with Gasteiger partial charge in [-0.15, -0.1) is 0 Å². The molecule has 0 fully saturated rings. The van der Waals surface area contributed by atoms with Crippen molar-refractivity contribution >= 4 is 11.6 Å². The SMILES string of the molecule is COc1ccc(Cl)c(F)c1F. The van der Waals surface area contributed by atoms with E-state index in [1.165, 1.54) is 19.2 Å². The predicted molar refractivity (Wildman–Crippen MR) is 37.9 cm³/mol. The molecule has 0 saturated heterocycles. The second-order valence-electron chi connectivity index (χ2n) is 1.88. The Morgan fingerprint density at radius 1 is 1.27 bits per heavy atom. The molecule has 0 spiro atoms. The maximum absolute atomic E-state index is 12.7. The van der Waals surface area contributed by atoms with Crippen LogP contribution in [0.15, 0.2) is 12.1 Å². The smallest absolute Gasteiger partial charge is 0.202 e. The van der Waals surface area contributed by atoms with Crippen molar-refractivity contribution in [3.05, 3.63) is 28.8 Å². The van der Waals surface area contributed by atoms with Crippen molar-refractivity contribution in [1.29, 1.82) is 0 Å². The summed E-state index contributed by atoms with van der Waals surface area (Å²) < 4.78 is 29.8. The van der Waals surface area contributed by atoms with Gasteiger partial charge in [-0.05, 0) is 12.1 Å². The van der Waals surface area contributed by atoms with Crippen molar-refractivity contribution in [2.45, 2.75) is 0 Å².